The predicted octanol–water partition coefficient (Wildman–Crippen LogP) is 2.30. The highest BCUT2D eigenvalue weighted by atomic mass is 16.5. The van der Waals surface area contributed by atoms with E-state index in [1.54, 1.807) is 26.4 Å². The normalized spacial score (nSPS) is 12.0. The van der Waals surface area contributed by atoms with E-state index in [-0.39, 0.29) is 11.6 Å². The molecule has 0 aliphatic carbocycles. The highest BCUT2D eigenvalue weighted by Crippen LogP contribution is 2.29. The van der Waals surface area contributed by atoms with Crippen molar-refractivity contribution in [3.63, 3.8) is 0 Å². The summed E-state index contributed by atoms with van der Waals surface area (Å²) in [6.45, 7) is 5.72. The van der Waals surface area contributed by atoms with E-state index in [1.165, 1.54) is 6.20 Å². The summed E-state index contributed by atoms with van der Waals surface area (Å²) >= 11 is 0. The molecule has 1 amide bonds. The van der Waals surface area contributed by atoms with Crippen LogP contribution in [-0.2, 0) is 9.53 Å². The summed E-state index contributed by atoms with van der Waals surface area (Å²) in [4.78, 5) is 12.3. The van der Waals surface area contributed by atoms with Crippen molar-refractivity contribution < 1.29 is 19.0 Å². The second-order valence-corrected chi connectivity index (χ2v) is 5.48. The van der Waals surface area contributed by atoms with Gasteiger partial charge in [-0.15, -0.1) is 0 Å². The summed E-state index contributed by atoms with van der Waals surface area (Å²) in [5.41, 5.74) is 0.867. The van der Waals surface area contributed by atoms with Gasteiger partial charge in [-0.2, -0.15) is 5.26 Å². The molecule has 7 heteroatoms. The number of benzene rings is 1. The molecule has 1 aromatic rings. The molecule has 26 heavy (non-hydrogen) atoms. The SMILES string of the molecule is CCOCCCN/C=C(/C#N)C(=O)NC(C)c1ccc(OC)c(OC)c1. The number of amides is 1. The van der Waals surface area contributed by atoms with Gasteiger partial charge in [-0.25, -0.2) is 0 Å². The molecular formula is C19H27N3O4. The third kappa shape index (κ3) is 6.65. The maximum Gasteiger partial charge on any atom is 0.263 e. The van der Waals surface area contributed by atoms with E-state index in [4.69, 9.17) is 14.2 Å². The third-order valence-corrected chi connectivity index (χ3v) is 3.68. The Morgan fingerprint density at radius 3 is 2.65 bits per heavy atom. The number of nitriles is 1. The number of nitrogens with zero attached hydrogens (tertiary/aromatic N) is 1. The lowest BCUT2D eigenvalue weighted by atomic mass is 10.1. The van der Waals surface area contributed by atoms with E-state index in [0.29, 0.717) is 31.3 Å². The molecule has 1 rings (SSSR count). The molecule has 7 nitrogen and oxygen atoms in total. The van der Waals surface area contributed by atoms with Crippen LogP contribution in [0.3, 0.4) is 0 Å². The number of hydrogen-bond acceptors (Lipinski definition) is 6. The molecule has 1 atom stereocenters. The highest BCUT2D eigenvalue weighted by Gasteiger charge is 2.15. The maximum absolute atomic E-state index is 12.3. The second-order valence-electron chi connectivity index (χ2n) is 5.48. The van der Waals surface area contributed by atoms with Crippen LogP contribution in [0.25, 0.3) is 0 Å². The second kappa shape index (κ2) is 11.8. The van der Waals surface area contributed by atoms with Crippen molar-refractivity contribution in [1.82, 2.24) is 10.6 Å². The van der Waals surface area contributed by atoms with Crippen molar-refractivity contribution in [1.29, 1.82) is 5.26 Å². The average Bonchev–Trinajstić information content (AvgIpc) is 2.66. The van der Waals surface area contributed by atoms with Crippen LogP contribution in [0, 0.1) is 11.3 Å². The fourth-order valence-corrected chi connectivity index (χ4v) is 2.22. The van der Waals surface area contributed by atoms with Crippen LogP contribution in [0.15, 0.2) is 30.0 Å². The van der Waals surface area contributed by atoms with Gasteiger partial charge in [-0.3, -0.25) is 4.79 Å². The van der Waals surface area contributed by atoms with Gasteiger partial charge < -0.3 is 24.8 Å². The van der Waals surface area contributed by atoms with Gasteiger partial charge in [0.25, 0.3) is 5.91 Å². The smallest absolute Gasteiger partial charge is 0.263 e. The zero-order valence-corrected chi connectivity index (χ0v) is 15.8. The molecule has 0 aliphatic rings. The van der Waals surface area contributed by atoms with Crippen LogP contribution in [0.2, 0.25) is 0 Å². The maximum atomic E-state index is 12.3. The van der Waals surface area contributed by atoms with Crippen molar-refractivity contribution in [3.05, 3.63) is 35.5 Å². The highest BCUT2D eigenvalue weighted by molar-refractivity contribution is 5.97. The van der Waals surface area contributed by atoms with Crippen molar-refractivity contribution in [2.24, 2.45) is 0 Å². The Hall–Kier alpha value is -2.72. The van der Waals surface area contributed by atoms with E-state index >= 15 is 0 Å². The minimum Gasteiger partial charge on any atom is -0.493 e. The van der Waals surface area contributed by atoms with Gasteiger partial charge in [-0.1, -0.05) is 6.07 Å². The molecule has 0 heterocycles. The summed E-state index contributed by atoms with van der Waals surface area (Å²) in [5.74, 6) is 0.758. The van der Waals surface area contributed by atoms with Crippen molar-refractivity contribution in [2.45, 2.75) is 26.3 Å². The molecule has 1 aromatic carbocycles. The summed E-state index contributed by atoms with van der Waals surface area (Å²) in [5, 5.41) is 15.0. The first-order valence-electron chi connectivity index (χ1n) is 8.51. The molecule has 142 valence electrons. The minimum absolute atomic E-state index is 0.0220. The van der Waals surface area contributed by atoms with Crippen molar-refractivity contribution in [2.75, 3.05) is 34.0 Å². The molecular weight excluding hydrogens is 334 g/mol. The number of methoxy groups -OCH3 is 2. The van der Waals surface area contributed by atoms with Crippen LogP contribution in [0.5, 0.6) is 11.5 Å². The molecule has 0 fully saturated rings. The molecule has 0 aliphatic heterocycles. The first-order valence-corrected chi connectivity index (χ1v) is 8.51. The molecule has 0 aromatic heterocycles. The number of carbonyl (C=O) groups is 1. The monoisotopic (exact) mass is 361 g/mol. The topological polar surface area (TPSA) is 92.6 Å². The summed E-state index contributed by atoms with van der Waals surface area (Å²) in [7, 11) is 3.12. The van der Waals surface area contributed by atoms with E-state index < -0.39 is 5.91 Å². The van der Waals surface area contributed by atoms with Gasteiger partial charge >= 0.3 is 0 Å². The number of hydrogen-bond donors (Lipinski definition) is 2. The van der Waals surface area contributed by atoms with E-state index in [0.717, 1.165) is 12.0 Å². The number of nitrogens with one attached hydrogen (secondary N) is 2. The van der Waals surface area contributed by atoms with Crippen molar-refractivity contribution in [3.8, 4) is 17.6 Å². The lowest BCUT2D eigenvalue weighted by Gasteiger charge is -2.16. The van der Waals surface area contributed by atoms with Crippen LogP contribution in [-0.4, -0.2) is 39.9 Å². The molecule has 0 spiro atoms. The molecule has 1 unspecified atom stereocenters. The molecule has 2 N–H and O–H groups in total. The minimum atomic E-state index is -0.438. The molecule has 0 saturated heterocycles. The third-order valence-electron chi connectivity index (χ3n) is 3.68. The fourth-order valence-electron chi connectivity index (χ4n) is 2.22. The molecule has 0 radical (unpaired) electrons. The lowest BCUT2D eigenvalue weighted by Crippen LogP contribution is -2.28. The lowest BCUT2D eigenvalue weighted by molar-refractivity contribution is -0.117. The Balaban J connectivity index is 2.65. The number of ether oxygens (including phenoxy) is 3. The summed E-state index contributed by atoms with van der Waals surface area (Å²) < 4.78 is 15.7. The van der Waals surface area contributed by atoms with Gasteiger partial charge in [0.1, 0.15) is 11.6 Å². The van der Waals surface area contributed by atoms with Crippen LogP contribution >= 0.6 is 0 Å². The van der Waals surface area contributed by atoms with Gasteiger partial charge in [0, 0.05) is 26.0 Å². The standard InChI is InChI=1S/C19H27N3O4/c1-5-26-10-6-9-21-13-16(12-20)19(23)22-14(2)15-7-8-17(24-3)18(11-15)25-4/h7-8,11,13-14,21H,5-6,9-10H2,1-4H3,(H,22,23)/b16-13-. The van der Waals surface area contributed by atoms with Gasteiger partial charge in [-0.05, 0) is 38.0 Å². The average molecular weight is 361 g/mol. The van der Waals surface area contributed by atoms with Crippen LogP contribution in [0.1, 0.15) is 31.9 Å². The Morgan fingerprint density at radius 2 is 2.04 bits per heavy atom. The summed E-state index contributed by atoms with van der Waals surface area (Å²) in [6.07, 6.45) is 2.23. The van der Waals surface area contributed by atoms with E-state index in [1.807, 2.05) is 26.0 Å². The molecule has 0 saturated carbocycles. The summed E-state index contributed by atoms with van der Waals surface area (Å²) in [6, 6.07) is 7.03. The van der Waals surface area contributed by atoms with Gasteiger partial charge in [0.2, 0.25) is 0 Å². The van der Waals surface area contributed by atoms with Crippen LogP contribution < -0.4 is 20.1 Å². The first kappa shape index (κ1) is 21.3. The zero-order chi connectivity index (χ0) is 19.4. The number of carbonyl (C=O) groups excluding carboxylic acids is 1. The molecule has 0 bridgehead atoms. The Kier molecular flexibility index (Phi) is 9.65. The van der Waals surface area contributed by atoms with Crippen LogP contribution in [0.4, 0.5) is 0 Å². The Labute approximate surface area is 154 Å². The fraction of sp³-hybridized carbons (Fsp3) is 0.474. The zero-order valence-electron chi connectivity index (χ0n) is 15.8. The predicted molar refractivity (Wildman–Crippen MR) is 98.9 cm³/mol. The van der Waals surface area contributed by atoms with E-state index in [9.17, 15) is 10.1 Å². The first-order chi connectivity index (χ1) is 12.6. The Bertz CT molecular complexity index is 653. The Morgan fingerprint density at radius 1 is 1.31 bits per heavy atom. The quantitative estimate of drug-likeness (QED) is 0.357. The largest absolute Gasteiger partial charge is 0.493 e. The van der Waals surface area contributed by atoms with E-state index in [2.05, 4.69) is 10.6 Å². The number of rotatable bonds is 11. The van der Waals surface area contributed by atoms with Gasteiger partial charge in [0.05, 0.1) is 20.3 Å². The van der Waals surface area contributed by atoms with Crippen molar-refractivity contribution >= 4 is 5.91 Å². The van der Waals surface area contributed by atoms with Gasteiger partial charge in [0.15, 0.2) is 11.5 Å².